The lowest BCUT2D eigenvalue weighted by atomic mass is 9.99. The number of carbonyl (C=O) groups excluding carboxylic acids is 1. The van der Waals surface area contributed by atoms with Gasteiger partial charge in [0.1, 0.15) is 0 Å². The van der Waals surface area contributed by atoms with E-state index in [4.69, 9.17) is 16.3 Å². The quantitative estimate of drug-likeness (QED) is 0.352. The summed E-state index contributed by atoms with van der Waals surface area (Å²) in [5.74, 6) is -0.350. The summed E-state index contributed by atoms with van der Waals surface area (Å²) in [6.07, 6.45) is 5.78. The van der Waals surface area contributed by atoms with Crippen LogP contribution in [0.4, 0.5) is 0 Å². The van der Waals surface area contributed by atoms with E-state index in [0.717, 1.165) is 39.7 Å². The van der Waals surface area contributed by atoms with Crippen LogP contribution in [0.5, 0.6) is 0 Å². The van der Waals surface area contributed by atoms with Crippen LogP contribution in [0.2, 0.25) is 5.02 Å². The molecule has 0 fully saturated rings. The standard InChI is InChI=1S/C26H26ClN3O2/c1-17(29(2)3)15-30-16-23(25-22(26(31)32-4)6-5-7-24(25)30)20-12-19(13-28-14-20)18-8-10-21(27)11-9-18/h5-14,16-17H,15H2,1-4H3. The summed E-state index contributed by atoms with van der Waals surface area (Å²) in [5.41, 5.74) is 5.45. The molecule has 0 amide bonds. The Morgan fingerprint density at radius 2 is 1.81 bits per heavy atom. The van der Waals surface area contributed by atoms with Gasteiger partial charge >= 0.3 is 5.97 Å². The Bertz CT molecular complexity index is 1260. The second-order valence-electron chi connectivity index (χ2n) is 8.17. The predicted molar refractivity (Wildman–Crippen MR) is 130 cm³/mol. The normalized spacial score (nSPS) is 12.3. The van der Waals surface area contributed by atoms with Crippen LogP contribution in [0.3, 0.4) is 0 Å². The van der Waals surface area contributed by atoms with Crippen molar-refractivity contribution in [2.24, 2.45) is 0 Å². The third-order valence-corrected chi connectivity index (χ3v) is 6.13. The molecule has 5 nitrogen and oxygen atoms in total. The molecule has 4 rings (SSSR count). The maximum atomic E-state index is 12.6. The molecule has 164 valence electrons. The summed E-state index contributed by atoms with van der Waals surface area (Å²) in [7, 11) is 5.54. The molecule has 0 aliphatic rings. The van der Waals surface area contributed by atoms with Crippen molar-refractivity contribution < 1.29 is 9.53 Å². The summed E-state index contributed by atoms with van der Waals surface area (Å²) in [6.45, 7) is 2.97. The average Bonchev–Trinajstić information content (AvgIpc) is 3.17. The molecule has 2 aromatic carbocycles. The minimum absolute atomic E-state index is 0.318. The fraction of sp³-hybridized carbons (Fsp3) is 0.231. The first-order valence-electron chi connectivity index (χ1n) is 10.5. The highest BCUT2D eigenvalue weighted by Crippen LogP contribution is 2.35. The van der Waals surface area contributed by atoms with Gasteiger partial charge in [0.15, 0.2) is 0 Å². The van der Waals surface area contributed by atoms with Crippen LogP contribution in [0, 0.1) is 0 Å². The average molecular weight is 448 g/mol. The highest BCUT2D eigenvalue weighted by Gasteiger charge is 2.20. The number of ether oxygens (including phenoxy) is 1. The Morgan fingerprint density at radius 3 is 2.50 bits per heavy atom. The van der Waals surface area contributed by atoms with Gasteiger partial charge in [0, 0.05) is 63.8 Å². The summed E-state index contributed by atoms with van der Waals surface area (Å²) in [4.78, 5) is 19.3. The van der Waals surface area contributed by atoms with Crippen LogP contribution in [-0.4, -0.2) is 47.7 Å². The maximum absolute atomic E-state index is 12.6. The molecule has 0 N–H and O–H groups in total. The zero-order valence-corrected chi connectivity index (χ0v) is 19.4. The lowest BCUT2D eigenvalue weighted by Gasteiger charge is -2.20. The molecule has 0 saturated carbocycles. The Kier molecular flexibility index (Phi) is 6.31. The van der Waals surface area contributed by atoms with E-state index >= 15 is 0 Å². The van der Waals surface area contributed by atoms with Crippen molar-refractivity contribution in [3.8, 4) is 22.3 Å². The van der Waals surface area contributed by atoms with E-state index in [1.165, 1.54) is 7.11 Å². The second-order valence-corrected chi connectivity index (χ2v) is 8.60. The first-order chi connectivity index (χ1) is 15.4. The van der Waals surface area contributed by atoms with Crippen molar-refractivity contribution in [1.29, 1.82) is 0 Å². The van der Waals surface area contributed by atoms with E-state index < -0.39 is 0 Å². The monoisotopic (exact) mass is 447 g/mol. The van der Waals surface area contributed by atoms with Gasteiger partial charge in [-0.1, -0.05) is 29.8 Å². The molecular formula is C26H26ClN3O2. The number of nitrogens with zero attached hydrogens (tertiary/aromatic N) is 3. The minimum atomic E-state index is -0.350. The van der Waals surface area contributed by atoms with Gasteiger partial charge in [-0.25, -0.2) is 4.79 Å². The molecule has 0 spiro atoms. The van der Waals surface area contributed by atoms with Gasteiger partial charge in [-0.2, -0.15) is 0 Å². The number of aromatic nitrogens is 2. The van der Waals surface area contributed by atoms with E-state index in [1.807, 2.05) is 54.9 Å². The molecule has 0 radical (unpaired) electrons. The number of benzene rings is 2. The molecule has 1 atom stereocenters. The van der Waals surface area contributed by atoms with Gasteiger partial charge in [0.2, 0.25) is 0 Å². The number of hydrogen-bond acceptors (Lipinski definition) is 4. The van der Waals surface area contributed by atoms with Gasteiger partial charge in [0.25, 0.3) is 0 Å². The highest BCUT2D eigenvalue weighted by atomic mass is 35.5. The highest BCUT2D eigenvalue weighted by molar-refractivity contribution is 6.30. The van der Waals surface area contributed by atoms with Crippen LogP contribution < -0.4 is 0 Å². The summed E-state index contributed by atoms with van der Waals surface area (Å²) in [6, 6.07) is 15.9. The Morgan fingerprint density at radius 1 is 1.09 bits per heavy atom. The number of carbonyl (C=O) groups is 1. The first kappa shape index (κ1) is 22.1. The topological polar surface area (TPSA) is 47.4 Å². The van der Waals surface area contributed by atoms with Crippen LogP contribution in [-0.2, 0) is 11.3 Å². The van der Waals surface area contributed by atoms with E-state index in [-0.39, 0.29) is 5.97 Å². The first-order valence-corrected chi connectivity index (χ1v) is 10.8. The largest absolute Gasteiger partial charge is 0.465 e. The van der Waals surface area contributed by atoms with Gasteiger partial charge in [-0.05, 0) is 56.9 Å². The van der Waals surface area contributed by atoms with Crippen molar-refractivity contribution in [3.05, 3.63) is 77.7 Å². The fourth-order valence-electron chi connectivity index (χ4n) is 3.84. The van der Waals surface area contributed by atoms with E-state index in [2.05, 4.69) is 47.7 Å². The molecule has 0 bridgehead atoms. The molecular weight excluding hydrogens is 422 g/mol. The van der Waals surface area contributed by atoms with Crippen molar-refractivity contribution in [3.63, 3.8) is 0 Å². The van der Waals surface area contributed by atoms with E-state index in [9.17, 15) is 4.79 Å². The molecule has 0 aliphatic heterocycles. The minimum Gasteiger partial charge on any atom is -0.465 e. The van der Waals surface area contributed by atoms with Crippen LogP contribution in [0.1, 0.15) is 17.3 Å². The lowest BCUT2D eigenvalue weighted by molar-refractivity contribution is 0.0603. The van der Waals surface area contributed by atoms with Crippen molar-refractivity contribution in [2.45, 2.75) is 19.5 Å². The van der Waals surface area contributed by atoms with Gasteiger partial charge < -0.3 is 14.2 Å². The van der Waals surface area contributed by atoms with Gasteiger partial charge in [-0.3, -0.25) is 4.98 Å². The molecule has 32 heavy (non-hydrogen) atoms. The fourth-order valence-corrected chi connectivity index (χ4v) is 3.96. The number of hydrogen-bond donors (Lipinski definition) is 0. The Balaban J connectivity index is 1.91. The van der Waals surface area contributed by atoms with Crippen LogP contribution in [0.15, 0.2) is 67.1 Å². The zero-order chi connectivity index (χ0) is 22.8. The lowest BCUT2D eigenvalue weighted by Crippen LogP contribution is -2.28. The number of rotatable bonds is 6. The van der Waals surface area contributed by atoms with Crippen LogP contribution >= 0.6 is 11.6 Å². The molecule has 4 aromatic rings. The Hall–Kier alpha value is -3.15. The predicted octanol–water partition coefficient (Wildman–Crippen LogP) is 5.76. The van der Waals surface area contributed by atoms with Gasteiger partial charge in [-0.15, -0.1) is 0 Å². The maximum Gasteiger partial charge on any atom is 0.338 e. The number of halogens is 1. The molecule has 0 aliphatic carbocycles. The third kappa shape index (κ3) is 4.27. The summed E-state index contributed by atoms with van der Waals surface area (Å²) in [5, 5.41) is 1.57. The third-order valence-electron chi connectivity index (χ3n) is 5.88. The SMILES string of the molecule is COC(=O)c1cccc2c1c(-c1cncc(-c3ccc(Cl)cc3)c1)cn2CC(C)N(C)C. The van der Waals surface area contributed by atoms with Gasteiger partial charge in [0.05, 0.1) is 12.7 Å². The van der Waals surface area contributed by atoms with Crippen molar-refractivity contribution in [2.75, 3.05) is 21.2 Å². The zero-order valence-electron chi connectivity index (χ0n) is 18.7. The number of methoxy groups -OCH3 is 1. The number of esters is 1. The van der Waals surface area contributed by atoms with E-state index in [1.54, 1.807) is 0 Å². The number of fused-ring (bicyclic) bond motifs is 1. The molecule has 2 aromatic heterocycles. The summed E-state index contributed by atoms with van der Waals surface area (Å²) >= 11 is 6.05. The molecule has 2 heterocycles. The Labute approximate surface area is 193 Å². The number of likely N-dealkylation sites (N-methyl/N-ethyl adjacent to an activating group) is 1. The van der Waals surface area contributed by atoms with E-state index in [0.29, 0.717) is 16.6 Å². The second kappa shape index (κ2) is 9.15. The summed E-state index contributed by atoms with van der Waals surface area (Å²) < 4.78 is 7.29. The van der Waals surface area contributed by atoms with Crippen molar-refractivity contribution in [1.82, 2.24) is 14.5 Å². The molecule has 1 unspecified atom stereocenters. The number of pyridine rings is 1. The smallest absolute Gasteiger partial charge is 0.338 e. The van der Waals surface area contributed by atoms with Crippen LogP contribution in [0.25, 0.3) is 33.2 Å². The molecule has 6 heteroatoms. The molecule has 0 saturated heterocycles. The van der Waals surface area contributed by atoms with Crippen molar-refractivity contribution >= 4 is 28.5 Å².